The number of ether oxygens (including phenoxy) is 1. The van der Waals surface area contributed by atoms with Gasteiger partial charge in [-0.15, -0.1) is 0 Å². The van der Waals surface area contributed by atoms with Gasteiger partial charge in [0.15, 0.2) is 0 Å². The second-order valence-electron chi connectivity index (χ2n) is 4.60. The summed E-state index contributed by atoms with van der Waals surface area (Å²) < 4.78 is 5.45. The van der Waals surface area contributed by atoms with E-state index in [2.05, 4.69) is 19.3 Å². The van der Waals surface area contributed by atoms with Crippen LogP contribution >= 0.6 is 0 Å². The Hall–Kier alpha value is -0.0800. The van der Waals surface area contributed by atoms with Gasteiger partial charge in [0, 0.05) is 19.8 Å². The van der Waals surface area contributed by atoms with E-state index in [1.54, 1.807) is 0 Å². The highest BCUT2D eigenvalue weighted by Gasteiger charge is 2.30. The lowest BCUT2D eigenvalue weighted by molar-refractivity contribution is 0.0101. The van der Waals surface area contributed by atoms with Gasteiger partial charge in [0.2, 0.25) is 0 Å². The first-order valence-electron chi connectivity index (χ1n) is 6.05. The van der Waals surface area contributed by atoms with Gasteiger partial charge in [0.05, 0.1) is 0 Å². The van der Waals surface area contributed by atoms with Crippen LogP contribution in [0.1, 0.15) is 45.4 Å². The smallest absolute Gasteiger partial charge is 0.0471 e. The molecule has 0 saturated carbocycles. The summed E-state index contributed by atoms with van der Waals surface area (Å²) in [4.78, 5) is 0. The third-order valence-corrected chi connectivity index (χ3v) is 3.42. The van der Waals surface area contributed by atoms with E-state index in [-0.39, 0.29) is 0 Å². The quantitative estimate of drug-likeness (QED) is 0.664. The van der Waals surface area contributed by atoms with E-state index in [0.717, 1.165) is 13.2 Å². The minimum atomic E-state index is 0.544. The van der Waals surface area contributed by atoms with E-state index in [1.807, 2.05) is 0 Å². The minimum absolute atomic E-state index is 0.544. The SMILES string of the molecule is CCCCCC1(CNC)CCOCC1. The summed E-state index contributed by atoms with van der Waals surface area (Å²) in [5, 5.41) is 3.35. The molecule has 0 atom stereocenters. The van der Waals surface area contributed by atoms with E-state index < -0.39 is 0 Å². The van der Waals surface area contributed by atoms with Crippen molar-refractivity contribution >= 4 is 0 Å². The zero-order valence-corrected chi connectivity index (χ0v) is 9.77. The predicted molar refractivity (Wildman–Crippen MR) is 60.6 cm³/mol. The Morgan fingerprint density at radius 3 is 2.50 bits per heavy atom. The summed E-state index contributed by atoms with van der Waals surface area (Å²) in [5.41, 5.74) is 0.544. The molecule has 0 aromatic carbocycles. The summed E-state index contributed by atoms with van der Waals surface area (Å²) in [6.45, 7) is 5.37. The molecule has 2 heteroatoms. The Morgan fingerprint density at radius 1 is 1.21 bits per heavy atom. The summed E-state index contributed by atoms with van der Waals surface area (Å²) in [5.74, 6) is 0. The highest BCUT2D eigenvalue weighted by Crippen LogP contribution is 2.35. The van der Waals surface area contributed by atoms with Crippen molar-refractivity contribution in [3.63, 3.8) is 0 Å². The number of hydrogen-bond acceptors (Lipinski definition) is 2. The zero-order chi connectivity index (χ0) is 10.3. The molecule has 0 aromatic rings. The van der Waals surface area contributed by atoms with Crippen molar-refractivity contribution in [2.75, 3.05) is 26.8 Å². The van der Waals surface area contributed by atoms with Crippen LogP contribution in [0.15, 0.2) is 0 Å². The topological polar surface area (TPSA) is 21.3 Å². The van der Waals surface area contributed by atoms with E-state index in [1.165, 1.54) is 45.1 Å². The van der Waals surface area contributed by atoms with Crippen molar-refractivity contribution in [2.45, 2.75) is 45.4 Å². The number of nitrogens with one attached hydrogen (secondary N) is 1. The Balaban J connectivity index is 2.34. The maximum Gasteiger partial charge on any atom is 0.0471 e. The first kappa shape index (κ1) is 12.0. The maximum atomic E-state index is 5.45. The van der Waals surface area contributed by atoms with Crippen molar-refractivity contribution in [3.8, 4) is 0 Å². The van der Waals surface area contributed by atoms with Crippen LogP contribution in [0.3, 0.4) is 0 Å². The van der Waals surface area contributed by atoms with Gasteiger partial charge in [0.25, 0.3) is 0 Å². The summed E-state index contributed by atoms with van der Waals surface area (Å²) >= 11 is 0. The second kappa shape index (κ2) is 6.41. The largest absolute Gasteiger partial charge is 0.381 e. The molecule has 84 valence electrons. The second-order valence-corrected chi connectivity index (χ2v) is 4.60. The Labute approximate surface area is 88.4 Å². The van der Waals surface area contributed by atoms with Gasteiger partial charge < -0.3 is 10.1 Å². The molecular weight excluding hydrogens is 174 g/mol. The fraction of sp³-hybridized carbons (Fsp3) is 1.00. The molecule has 1 aliphatic heterocycles. The molecule has 1 rings (SSSR count). The number of rotatable bonds is 6. The van der Waals surface area contributed by atoms with Gasteiger partial charge in [-0.05, 0) is 31.7 Å². The van der Waals surface area contributed by atoms with Crippen LogP contribution in [-0.4, -0.2) is 26.8 Å². The number of hydrogen-bond donors (Lipinski definition) is 1. The lowest BCUT2D eigenvalue weighted by Crippen LogP contribution is -2.38. The standard InChI is InChI=1S/C12H25NO/c1-3-4-5-6-12(11-13-2)7-9-14-10-8-12/h13H,3-11H2,1-2H3. The average molecular weight is 199 g/mol. The molecule has 0 amide bonds. The summed E-state index contributed by atoms with van der Waals surface area (Å²) in [6.07, 6.45) is 7.97. The molecule has 0 radical (unpaired) electrons. The van der Waals surface area contributed by atoms with Gasteiger partial charge in [-0.2, -0.15) is 0 Å². The van der Waals surface area contributed by atoms with Crippen LogP contribution in [0, 0.1) is 5.41 Å². The van der Waals surface area contributed by atoms with E-state index in [9.17, 15) is 0 Å². The van der Waals surface area contributed by atoms with Crippen LogP contribution in [0.5, 0.6) is 0 Å². The normalized spacial score (nSPS) is 21.0. The third kappa shape index (κ3) is 3.58. The van der Waals surface area contributed by atoms with Crippen molar-refractivity contribution in [2.24, 2.45) is 5.41 Å². The molecule has 1 aliphatic rings. The molecule has 0 aromatic heterocycles. The molecule has 1 N–H and O–H groups in total. The van der Waals surface area contributed by atoms with Crippen molar-refractivity contribution in [3.05, 3.63) is 0 Å². The first-order chi connectivity index (χ1) is 6.83. The lowest BCUT2D eigenvalue weighted by Gasteiger charge is -2.37. The van der Waals surface area contributed by atoms with Gasteiger partial charge in [-0.25, -0.2) is 0 Å². The Morgan fingerprint density at radius 2 is 1.93 bits per heavy atom. The molecule has 1 heterocycles. The lowest BCUT2D eigenvalue weighted by atomic mass is 9.76. The van der Waals surface area contributed by atoms with Crippen molar-refractivity contribution < 1.29 is 4.74 Å². The molecule has 1 fully saturated rings. The average Bonchev–Trinajstić information content (AvgIpc) is 2.20. The molecule has 0 spiro atoms. The molecule has 0 unspecified atom stereocenters. The molecule has 1 saturated heterocycles. The number of unbranched alkanes of at least 4 members (excludes halogenated alkanes) is 2. The van der Waals surface area contributed by atoms with Crippen LogP contribution in [0.4, 0.5) is 0 Å². The molecule has 0 aliphatic carbocycles. The molecular formula is C12H25NO. The fourth-order valence-corrected chi connectivity index (χ4v) is 2.44. The third-order valence-electron chi connectivity index (χ3n) is 3.42. The Kier molecular flexibility index (Phi) is 5.49. The van der Waals surface area contributed by atoms with Crippen molar-refractivity contribution in [1.82, 2.24) is 5.32 Å². The molecule has 0 bridgehead atoms. The van der Waals surface area contributed by atoms with Crippen molar-refractivity contribution in [1.29, 1.82) is 0 Å². The van der Waals surface area contributed by atoms with Crippen LogP contribution < -0.4 is 5.32 Å². The fourth-order valence-electron chi connectivity index (χ4n) is 2.44. The van der Waals surface area contributed by atoms with Gasteiger partial charge in [0.1, 0.15) is 0 Å². The van der Waals surface area contributed by atoms with E-state index in [0.29, 0.717) is 5.41 Å². The van der Waals surface area contributed by atoms with Crippen LogP contribution in [0.25, 0.3) is 0 Å². The summed E-state index contributed by atoms with van der Waals surface area (Å²) in [7, 11) is 2.07. The minimum Gasteiger partial charge on any atom is -0.381 e. The van der Waals surface area contributed by atoms with Gasteiger partial charge in [-0.1, -0.05) is 26.2 Å². The zero-order valence-electron chi connectivity index (χ0n) is 9.77. The summed E-state index contributed by atoms with van der Waals surface area (Å²) in [6, 6.07) is 0. The predicted octanol–water partition coefficient (Wildman–Crippen LogP) is 2.58. The van der Waals surface area contributed by atoms with E-state index in [4.69, 9.17) is 4.74 Å². The van der Waals surface area contributed by atoms with Gasteiger partial charge >= 0.3 is 0 Å². The molecule has 2 nitrogen and oxygen atoms in total. The Bertz CT molecular complexity index is 136. The first-order valence-corrected chi connectivity index (χ1v) is 6.05. The highest BCUT2D eigenvalue weighted by molar-refractivity contribution is 4.83. The van der Waals surface area contributed by atoms with Crippen LogP contribution in [0.2, 0.25) is 0 Å². The maximum absolute atomic E-state index is 5.45. The van der Waals surface area contributed by atoms with Crippen LogP contribution in [-0.2, 0) is 4.74 Å². The van der Waals surface area contributed by atoms with E-state index >= 15 is 0 Å². The monoisotopic (exact) mass is 199 g/mol. The molecule has 14 heavy (non-hydrogen) atoms. The highest BCUT2D eigenvalue weighted by atomic mass is 16.5. The van der Waals surface area contributed by atoms with Gasteiger partial charge in [-0.3, -0.25) is 0 Å².